The number of hydrogen-bond acceptors (Lipinski definition) is 4. The molecule has 0 aliphatic carbocycles. The lowest BCUT2D eigenvalue weighted by Gasteiger charge is -2.23. The van der Waals surface area contributed by atoms with Gasteiger partial charge in [0.1, 0.15) is 5.01 Å². The molecule has 1 atom stereocenters. The summed E-state index contributed by atoms with van der Waals surface area (Å²) >= 11 is 7.43. The highest BCUT2D eigenvalue weighted by molar-refractivity contribution is 7.09. The molecule has 118 valence electrons. The van der Waals surface area contributed by atoms with Crippen LogP contribution in [-0.2, 0) is 6.54 Å². The molecule has 0 radical (unpaired) electrons. The van der Waals surface area contributed by atoms with Gasteiger partial charge in [-0.05, 0) is 31.8 Å². The molecular weight excluding hydrogens is 320 g/mol. The molecule has 1 aromatic carbocycles. The number of benzene rings is 1. The number of aromatic nitrogens is 1. The number of thiazole rings is 1. The highest BCUT2D eigenvalue weighted by atomic mass is 35.5. The number of hydrogen-bond donors (Lipinski definition) is 2. The summed E-state index contributed by atoms with van der Waals surface area (Å²) in [4.78, 5) is 18.2. The van der Waals surface area contributed by atoms with Crippen molar-refractivity contribution in [1.29, 1.82) is 0 Å². The fraction of sp³-hybridized carbons (Fsp3) is 0.333. The quantitative estimate of drug-likeness (QED) is 0.851. The molecule has 0 aliphatic rings. The SMILES string of the molecule is CN(C)C[C@H](NC(=O)NCc1nccs1)c1ccc(Cl)cc1. The molecule has 2 aromatic rings. The van der Waals surface area contributed by atoms with E-state index in [9.17, 15) is 4.79 Å². The lowest BCUT2D eigenvalue weighted by molar-refractivity contribution is 0.232. The molecule has 0 bridgehead atoms. The first kappa shape index (κ1) is 16.7. The normalized spacial score (nSPS) is 12.2. The van der Waals surface area contributed by atoms with Crippen molar-refractivity contribution in [3.63, 3.8) is 0 Å². The summed E-state index contributed by atoms with van der Waals surface area (Å²) in [5.74, 6) is 0. The Kier molecular flexibility index (Phi) is 6.18. The molecule has 5 nitrogen and oxygen atoms in total. The van der Waals surface area contributed by atoms with Crippen LogP contribution in [0.4, 0.5) is 4.79 Å². The van der Waals surface area contributed by atoms with E-state index in [0.717, 1.165) is 10.6 Å². The van der Waals surface area contributed by atoms with Crippen LogP contribution in [0.2, 0.25) is 5.02 Å². The van der Waals surface area contributed by atoms with Gasteiger partial charge < -0.3 is 15.5 Å². The Hall–Kier alpha value is -1.63. The van der Waals surface area contributed by atoms with E-state index < -0.39 is 0 Å². The van der Waals surface area contributed by atoms with E-state index in [2.05, 4.69) is 15.6 Å². The molecule has 0 spiro atoms. The number of nitrogens with one attached hydrogen (secondary N) is 2. The van der Waals surface area contributed by atoms with Crippen LogP contribution in [0, 0.1) is 0 Å². The van der Waals surface area contributed by atoms with Gasteiger partial charge in [0.2, 0.25) is 0 Å². The summed E-state index contributed by atoms with van der Waals surface area (Å²) < 4.78 is 0. The molecule has 2 N–H and O–H groups in total. The van der Waals surface area contributed by atoms with E-state index in [-0.39, 0.29) is 12.1 Å². The van der Waals surface area contributed by atoms with E-state index in [0.29, 0.717) is 18.1 Å². The van der Waals surface area contributed by atoms with Crippen LogP contribution in [0.3, 0.4) is 0 Å². The lowest BCUT2D eigenvalue weighted by atomic mass is 10.1. The maximum absolute atomic E-state index is 12.1. The van der Waals surface area contributed by atoms with Gasteiger partial charge >= 0.3 is 6.03 Å². The number of rotatable bonds is 6. The Labute approximate surface area is 139 Å². The molecule has 22 heavy (non-hydrogen) atoms. The fourth-order valence-corrected chi connectivity index (χ4v) is 2.68. The maximum atomic E-state index is 12.1. The second kappa shape index (κ2) is 8.12. The molecule has 0 unspecified atom stereocenters. The summed E-state index contributed by atoms with van der Waals surface area (Å²) in [7, 11) is 3.94. The molecule has 1 heterocycles. The third-order valence-electron chi connectivity index (χ3n) is 3.01. The minimum Gasteiger partial charge on any atom is -0.332 e. The third-order valence-corrected chi connectivity index (χ3v) is 4.04. The van der Waals surface area contributed by atoms with E-state index >= 15 is 0 Å². The van der Waals surface area contributed by atoms with Gasteiger partial charge in [0.15, 0.2) is 0 Å². The largest absolute Gasteiger partial charge is 0.332 e. The summed E-state index contributed by atoms with van der Waals surface area (Å²) in [6.07, 6.45) is 1.72. The summed E-state index contributed by atoms with van der Waals surface area (Å²) in [6, 6.07) is 7.19. The van der Waals surface area contributed by atoms with E-state index in [1.807, 2.05) is 48.6 Å². The Balaban J connectivity index is 1.96. The van der Waals surface area contributed by atoms with Crippen LogP contribution in [0.5, 0.6) is 0 Å². The summed E-state index contributed by atoms with van der Waals surface area (Å²) in [5, 5.41) is 9.26. The van der Waals surface area contributed by atoms with Crippen molar-refractivity contribution in [2.24, 2.45) is 0 Å². The van der Waals surface area contributed by atoms with E-state index in [1.165, 1.54) is 11.3 Å². The lowest BCUT2D eigenvalue weighted by Crippen LogP contribution is -2.41. The minimum absolute atomic E-state index is 0.108. The maximum Gasteiger partial charge on any atom is 0.315 e. The molecule has 0 saturated carbocycles. The summed E-state index contributed by atoms with van der Waals surface area (Å²) in [5.41, 5.74) is 1.02. The first-order valence-corrected chi connectivity index (χ1v) is 8.13. The number of carbonyl (C=O) groups is 1. The number of halogens is 1. The first-order chi connectivity index (χ1) is 10.5. The molecular formula is C15H19ClN4OS. The van der Waals surface area contributed by atoms with Crippen LogP contribution in [0.15, 0.2) is 35.8 Å². The molecule has 0 saturated heterocycles. The zero-order valence-electron chi connectivity index (χ0n) is 12.5. The van der Waals surface area contributed by atoms with Crippen molar-refractivity contribution in [3.8, 4) is 0 Å². The number of nitrogens with zero attached hydrogens (tertiary/aromatic N) is 2. The van der Waals surface area contributed by atoms with Crippen molar-refractivity contribution in [1.82, 2.24) is 20.5 Å². The third kappa shape index (κ3) is 5.29. The van der Waals surface area contributed by atoms with Gasteiger partial charge in [0.05, 0.1) is 12.6 Å². The topological polar surface area (TPSA) is 57.3 Å². The predicted molar refractivity (Wildman–Crippen MR) is 90.2 cm³/mol. The summed E-state index contributed by atoms with van der Waals surface area (Å²) in [6.45, 7) is 1.13. The van der Waals surface area contributed by atoms with Crippen molar-refractivity contribution < 1.29 is 4.79 Å². The van der Waals surface area contributed by atoms with Gasteiger partial charge in [0, 0.05) is 23.1 Å². The second-order valence-corrected chi connectivity index (χ2v) is 6.53. The van der Waals surface area contributed by atoms with E-state index in [4.69, 9.17) is 11.6 Å². The predicted octanol–water partition coefficient (Wildman–Crippen LogP) is 2.90. The zero-order chi connectivity index (χ0) is 15.9. The van der Waals surface area contributed by atoms with Gasteiger partial charge in [-0.15, -0.1) is 11.3 Å². The average Bonchev–Trinajstić information content (AvgIpc) is 2.98. The Bertz CT molecular complexity index is 586. The molecule has 0 aliphatic heterocycles. The van der Waals surface area contributed by atoms with Crippen molar-refractivity contribution >= 4 is 29.0 Å². The van der Waals surface area contributed by atoms with Crippen LogP contribution < -0.4 is 10.6 Å². The standard InChI is InChI=1S/C15H19ClN4OS/c1-20(2)10-13(11-3-5-12(16)6-4-11)19-15(21)18-9-14-17-7-8-22-14/h3-8,13H,9-10H2,1-2H3,(H2,18,19,21)/t13-/m0/s1. The van der Waals surface area contributed by atoms with Gasteiger partial charge in [-0.2, -0.15) is 0 Å². The number of amides is 2. The van der Waals surface area contributed by atoms with Crippen molar-refractivity contribution in [3.05, 3.63) is 51.4 Å². The molecule has 2 amide bonds. The Morgan fingerprint density at radius 3 is 2.68 bits per heavy atom. The van der Waals surface area contributed by atoms with Crippen LogP contribution in [0.25, 0.3) is 0 Å². The second-order valence-electron chi connectivity index (χ2n) is 5.12. The van der Waals surface area contributed by atoms with Crippen LogP contribution >= 0.6 is 22.9 Å². The zero-order valence-corrected chi connectivity index (χ0v) is 14.1. The van der Waals surface area contributed by atoms with E-state index in [1.54, 1.807) is 6.20 Å². The van der Waals surface area contributed by atoms with Gasteiger partial charge in [0.25, 0.3) is 0 Å². The highest BCUT2D eigenvalue weighted by Gasteiger charge is 2.15. The van der Waals surface area contributed by atoms with Gasteiger partial charge in [-0.1, -0.05) is 23.7 Å². The smallest absolute Gasteiger partial charge is 0.315 e. The first-order valence-electron chi connectivity index (χ1n) is 6.87. The molecule has 0 fully saturated rings. The number of likely N-dealkylation sites (N-methyl/N-ethyl adjacent to an activating group) is 1. The number of carbonyl (C=O) groups excluding carboxylic acids is 1. The molecule has 2 rings (SSSR count). The van der Waals surface area contributed by atoms with Crippen LogP contribution in [-0.4, -0.2) is 36.6 Å². The highest BCUT2D eigenvalue weighted by Crippen LogP contribution is 2.17. The monoisotopic (exact) mass is 338 g/mol. The van der Waals surface area contributed by atoms with Crippen molar-refractivity contribution in [2.75, 3.05) is 20.6 Å². The molecule has 1 aromatic heterocycles. The minimum atomic E-state index is -0.211. The van der Waals surface area contributed by atoms with Gasteiger partial charge in [-0.25, -0.2) is 9.78 Å². The molecule has 7 heteroatoms. The Morgan fingerprint density at radius 2 is 2.09 bits per heavy atom. The number of urea groups is 1. The Morgan fingerprint density at radius 1 is 1.36 bits per heavy atom. The van der Waals surface area contributed by atoms with Crippen molar-refractivity contribution in [2.45, 2.75) is 12.6 Å². The average molecular weight is 339 g/mol. The van der Waals surface area contributed by atoms with Crippen LogP contribution in [0.1, 0.15) is 16.6 Å². The van der Waals surface area contributed by atoms with Gasteiger partial charge in [-0.3, -0.25) is 0 Å². The fourth-order valence-electron chi connectivity index (χ4n) is 2.00.